The number of benzene rings is 1. The van der Waals surface area contributed by atoms with Crippen LogP contribution in [-0.4, -0.2) is 36.4 Å². The first kappa shape index (κ1) is 21.9. The second-order valence-electron chi connectivity index (χ2n) is 8.05. The van der Waals surface area contributed by atoms with Crippen molar-refractivity contribution < 1.29 is 17.9 Å². The summed E-state index contributed by atoms with van der Waals surface area (Å²) in [7, 11) is 1.55. The largest absolute Gasteiger partial charge is 0.479 e. The summed E-state index contributed by atoms with van der Waals surface area (Å²) in [6.45, 7) is 2.51. The first-order chi connectivity index (χ1) is 16.4. The highest BCUT2D eigenvalue weighted by Crippen LogP contribution is 2.34. The molecule has 10 heteroatoms. The van der Waals surface area contributed by atoms with Crippen LogP contribution >= 0.6 is 0 Å². The monoisotopic (exact) mass is 466 g/mol. The normalized spacial score (nSPS) is 15.6. The average Bonchev–Trinajstić information content (AvgIpc) is 3.45. The van der Waals surface area contributed by atoms with E-state index in [1.54, 1.807) is 30.3 Å². The predicted octanol–water partition coefficient (Wildman–Crippen LogP) is 4.69. The molecule has 4 heterocycles. The molecule has 0 aliphatic carbocycles. The van der Waals surface area contributed by atoms with E-state index in [0.29, 0.717) is 42.3 Å². The molecular weight excluding hydrogens is 445 g/mol. The molecule has 174 valence electrons. The van der Waals surface area contributed by atoms with Crippen LogP contribution in [0.4, 0.5) is 13.2 Å². The molecule has 0 bridgehead atoms. The number of imidazole rings is 1. The van der Waals surface area contributed by atoms with E-state index in [1.807, 2.05) is 29.8 Å². The maximum atomic E-state index is 14.4. The van der Waals surface area contributed by atoms with E-state index >= 15 is 0 Å². The fourth-order valence-corrected chi connectivity index (χ4v) is 4.14. The smallest absolute Gasteiger partial charge is 0.238 e. The summed E-state index contributed by atoms with van der Waals surface area (Å²) in [5.74, 6) is -2.21. The molecule has 0 saturated heterocycles. The lowest BCUT2D eigenvalue weighted by atomic mass is 9.90. The molecule has 0 spiro atoms. The minimum atomic E-state index is -1.21. The van der Waals surface area contributed by atoms with Gasteiger partial charge in [0.25, 0.3) is 0 Å². The van der Waals surface area contributed by atoms with E-state index in [9.17, 15) is 13.2 Å². The molecule has 1 aliphatic rings. The first-order valence-corrected chi connectivity index (χ1v) is 10.8. The van der Waals surface area contributed by atoms with Gasteiger partial charge in [-0.05, 0) is 50.1 Å². The van der Waals surface area contributed by atoms with Crippen molar-refractivity contribution in [3.8, 4) is 11.6 Å². The van der Waals surface area contributed by atoms with Gasteiger partial charge >= 0.3 is 0 Å². The van der Waals surface area contributed by atoms with Gasteiger partial charge in [-0.25, -0.2) is 32.8 Å². The van der Waals surface area contributed by atoms with Crippen molar-refractivity contribution in [2.45, 2.75) is 32.2 Å². The molecular formula is C24H21F3N6O. The second kappa shape index (κ2) is 8.77. The summed E-state index contributed by atoms with van der Waals surface area (Å²) < 4.78 is 50.5. The number of rotatable bonds is 5. The zero-order valence-corrected chi connectivity index (χ0v) is 18.5. The number of fused-ring (bicyclic) bond motifs is 1. The van der Waals surface area contributed by atoms with Crippen LogP contribution < -0.4 is 4.74 Å². The van der Waals surface area contributed by atoms with E-state index in [-0.39, 0.29) is 5.56 Å². The van der Waals surface area contributed by atoms with Crippen LogP contribution in [0.15, 0.2) is 36.8 Å². The Morgan fingerprint density at radius 2 is 1.88 bits per heavy atom. The van der Waals surface area contributed by atoms with Crippen LogP contribution in [0.1, 0.15) is 47.4 Å². The molecule has 1 aliphatic heterocycles. The third kappa shape index (κ3) is 4.07. The molecule has 1 aromatic carbocycles. The fourth-order valence-electron chi connectivity index (χ4n) is 4.14. The number of methoxy groups -OCH3 is 1. The summed E-state index contributed by atoms with van der Waals surface area (Å²) >= 11 is 0. The van der Waals surface area contributed by atoms with Gasteiger partial charge in [-0.15, -0.1) is 0 Å². The summed E-state index contributed by atoms with van der Waals surface area (Å²) in [6.07, 6.45) is 8.30. The third-order valence-electron chi connectivity index (χ3n) is 5.75. The Morgan fingerprint density at radius 1 is 1.06 bits per heavy atom. The molecule has 7 nitrogen and oxygen atoms in total. The molecule has 0 radical (unpaired) electrons. The summed E-state index contributed by atoms with van der Waals surface area (Å²) in [4.78, 5) is 13.3. The quantitative estimate of drug-likeness (QED) is 0.399. The molecule has 34 heavy (non-hydrogen) atoms. The van der Waals surface area contributed by atoms with Crippen LogP contribution in [0.3, 0.4) is 0 Å². The lowest BCUT2D eigenvalue weighted by Gasteiger charge is -2.22. The molecule has 3 aromatic heterocycles. The highest BCUT2D eigenvalue weighted by atomic mass is 19.2. The maximum absolute atomic E-state index is 14.4. The SMILES string of the molecule is COc1nc(/C=C/c2nc3n(n2)CCC[C@H]3c2cc(F)c(F)cc2F)ccc1-n1cnc(C)c1. The van der Waals surface area contributed by atoms with E-state index < -0.39 is 23.4 Å². The maximum Gasteiger partial charge on any atom is 0.238 e. The summed E-state index contributed by atoms with van der Waals surface area (Å²) in [6, 6.07) is 5.20. The van der Waals surface area contributed by atoms with Gasteiger partial charge in [0.1, 0.15) is 17.3 Å². The minimum Gasteiger partial charge on any atom is -0.479 e. The van der Waals surface area contributed by atoms with Crippen molar-refractivity contribution in [3.05, 3.63) is 82.8 Å². The van der Waals surface area contributed by atoms with E-state index in [4.69, 9.17) is 4.74 Å². The van der Waals surface area contributed by atoms with Crippen molar-refractivity contribution in [1.82, 2.24) is 29.3 Å². The van der Waals surface area contributed by atoms with Gasteiger partial charge in [-0.3, -0.25) is 0 Å². The number of halogens is 3. The highest BCUT2D eigenvalue weighted by molar-refractivity contribution is 5.65. The number of hydrogen-bond acceptors (Lipinski definition) is 5. The van der Waals surface area contributed by atoms with Gasteiger partial charge in [-0.1, -0.05) is 0 Å². The van der Waals surface area contributed by atoms with Crippen LogP contribution in [-0.2, 0) is 6.54 Å². The first-order valence-electron chi connectivity index (χ1n) is 10.8. The Balaban J connectivity index is 1.43. The Bertz CT molecular complexity index is 1390. The van der Waals surface area contributed by atoms with Crippen LogP contribution in [0.2, 0.25) is 0 Å². The van der Waals surface area contributed by atoms with Gasteiger partial charge in [0, 0.05) is 30.3 Å². The average molecular weight is 466 g/mol. The Hall–Kier alpha value is -3.95. The molecule has 0 N–H and O–H groups in total. The van der Waals surface area contributed by atoms with Crippen LogP contribution in [0.25, 0.3) is 17.8 Å². The van der Waals surface area contributed by atoms with Gasteiger partial charge in [0.05, 0.1) is 24.8 Å². The van der Waals surface area contributed by atoms with Gasteiger partial charge in [0.15, 0.2) is 17.5 Å². The molecule has 0 amide bonds. The van der Waals surface area contributed by atoms with Gasteiger partial charge < -0.3 is 9.30 Å². The second-order valence-corrected chi connectivity index (χ2v) is 8.05. The summed E-state index contributed by atoms with van der Waals surface area (Å²) in [5.41, 5.74) is 2.35. The third-order valence-corrected chi connectivity index (χ3v) is 5.75. The van der Waals surface area contributed by atoms with Crippen molar-refractivity contribution in [2.75, 3.05) is 7.11 Å². The van der Waals surface area contributed by atoms with Gasteiger partial charge in [-0.2, -0.15) is 5.10 Å². The Labute approximate surface area is 193 Å². The standard InChI is InChI=1S/C24H21F3N6O/c1-14-12-32(13-28-14)21-7-5-15(29-24(21)34-2)6-8-22-30-23-16(4-3-9-33(23)31-22)17-10-19(26)20(27)11-18(17)25/h5-8,10-13,16H,3-4,9H2,1-2H3/b8-6+/t16-/m0/s1. The molecule has 0 fully saturated rings. The van der Waals surface area contributed by atoms with Crippen molar-refractivity contribution in [3.63, 3.8) is 0 Å². The Kier molecular flexibility index (Phi) is 5.64. The lowest BCUT2D eigenvalue weighted by Crippen LogP contribution is -2.19. The van der Waals surface area contributed by atoms with E-state index in [2.05, 4.69) is 20.1 Å². The molecule has 0 unspecified atom stereocenters. The molecule has 5 rings (SSSR count). The molecule has 0 saturated carbocycles. The number of hydrogen-bond donors (Lipinski definition) is 0. The molecule has 1 atom stereocenters. The number of ether oxygens (including phenoxy) is 1. The van der Waals surface area contributed by atoms with Crippen LogP contribution in [0.5, 0.6) is 5.88 Å². The minimum absolute atomic E-state index is 0.0829. The highest BCUT2D eigenvalue weighted by Gasteiger charge is 2.28. The number of pyridine rings is 1. The van der Waals surface area contributed by atoms with Crippen molar-refractivity contribution in [1.29, 1.82) is 0 Å². The van der Waals surface area contributed by atoms with Crippen molar-refractivity contribution >= 4 is 12.2 Å². The van der Waals surface area contributed by atoms with E-state index in [1.165, 1.54) is 0 Å². The zero-order valence-electron chi connectivity index (χ0n) is 18.5. The Morgan fingerprint density at radius 3 is 2.65 bits per heavy atom. The topological polar surface area (TPSA) is 70.7 Å². The number of nitrogens with zero attached hydrogens (tertiary/aromatic N) is 6. The van der Waals surface area contributed by atoms with Crippen molar-refractivity contribution in [2.24, 2.45) is 0 Å². The number of aryl methyl sites for hydroxylation is 2. The fraction of sp³-hybridized carbons (Fsp3) is 0.250. The van der Waals surface area contributed by atoms with E-state index in [0.717, 1.165) is 23.9 Å². The predicted molar refractivity (Wildman–Crippen MR) is 119 cm³/mol. The molecule has 4 aromatic rings. The van der Waals surface area contributed by atoms with Crippen LogP contribution in [0, 0.1) is 24.4 Å². The number of aromatic nitrogens is 6. The zero-order chi connectivity index (χ0) is 23.8. The lowest BCUT2D eigenvalue weighted by molar-refractivity contribution is 0.395. The van der Waals surface area contributed by atoms with Gasteiger partial charge in [0.2, 0.25) is 5.88 Å². The summed E-state index contributed by atoms with van der Waals surface area (Å²) in [5, 5.41) is 4.48.